The fourth-order valence-electron chi connectivity index (χ4n) is 8.00. The molecule has 348 valence electrons. The highest BCUT2D eigenvalue weighted by atomic mass is 16.7. The van der Waals surface area contributed by atoms with E-state index in [1.54, 1.807) is 66.7 Å². The third-order valence-corrected chi connectivity index (χ3v) is 12.2. The summed E-state index contributed by atoms with van der Waals surface area (Å²) in [4.78, 5) is 11.7. The Morgan fingerprint density at radius 3 is 1.48 bits per heavy atom. The average Bonchev–Trinajstić information content (AvgIpc) is 3.20. The van der Waals surface area contributed by atoms with Crippen molar-refractivity contribution < 1.29 is 79.9 Å². The molecule has 0 aliphatic carbocycles. The van der Waals surface area contributed by atoms with Crippen LogP contribution in [0.1, 0.15) is 89.5 Å². The van der Waals surface area contributed by atoms with E-state index >= 15 is 0 Å². The van der Waals surface area contributed by atoms with Gasteiger partial charge >= 0.3 is 5.97 Å². The van der Waals surface area contributed by atoms with Crippen molar-refractivity contribution in [2.45, 2.75) is 181 Å². The van der Waals surface area contributed by atoms with Gasteiger partial charge in [0, 0.05) is 23.7 Å². The SMILES string of the molecule is CCC(C)C(O)C(C)/C=C(\C)[C@@H](O)[C@@H](C)/C=C(\C)[C@@H](O[C@@H]1O[C@H](CO)[C@@H](O)[C@H](O)[C@@H]1O)[C@@H](C)/C=C(\C)[C@@H](O[C@@H]1O[C@@H](C)[C@H](O)[C@@H](O)[C@H]1O)[C@@H](C)/C=C(\C)C(O)C(C)C(=O)O. The van der Waals surface area contributed by atoms with E-state index in [2.05, 4.69) is 0 Å². The zero-order chi connectivity index (χ0) is 46.1. The Morgan fingerprint density at radius 1 is 0.600 bits per heavy atom. The first kappa shape index (κ1) is 54.0. The number of hydrogen-bond acceptors (Lipinski definition) is 15. The van der Waals surface area contributed by atoms with Crippen LogP contribution in [0.3, 0.4) is 0 Å². The molecule has 21 atom stereocenters. The topological polar surface area (TPSA) is 277 Å². The van der Waals surface area contributed by atoms with Crippen LogP contribution in [-0.4, -0.2) is 161 Å². The molecule has 2 aliphatic rings. The van der Waals surface area contributed by atoms with Crippen LogP contribution in [0.25, 0.3) is 0 Å². The molecule has 0 aromatic carbocycles. The lowest BCUT2D eigenvalue weighted by molar-refractivity contribution is -0.310. The van der Waals surface area contributed by atoms with E-state index < -0.39 is 128 Å². The van der Waals surface area contributed by atoms with Gasteiger partial charge in [-0.15, -0.1) is 0 Å². The van der Waals surface area contributed by atoms with Crippen molar-refractivity contribution in [3.8, 4) is 0 Å². The molecule has 0 spiro atoms. The predicted molar refractivity (Wildman–Crippen MR) is 222 cm³/mol. The number of carboxylic acid groups (broad SMARTS) is 1. The second-order valence-electron chi connectivity index (χ2n) is 17.5. The van der Waals surface area contributed by atoms with Crippen molar-refractivity contribution in [1.29, 1.82) is 0 Å². The van der Waals surface area contributed by atoms with Gasteiger partial charge < -0.3 is 75.1 Å². The van der Waals surface area contributed by atoms with Crippen molar-refractivity contribution >= 4 is 5.97 Å². The zero-order valence-electron chi connectivity index (χ0n) is 37.3. The normalized spacial score (nSPS) is 34.4. The fraction of sp³-hybridized carbons (Fsp3) is 0.795. The van der Waals surface area contributed by atoms with Gasteiger partial charge in [0.25, 0.3) is 0 Å². The molecule has 0 bridgehead atoms. The van der Waals surface area contributed by atoms with Crippen LogP contribution in [0, 0.1) is 35.5 Å². The van der Waals surface area contributed by atoms with Gasteiger partial charge in [0.05, 0.1) is 49.1 Å². The largest absolute Gasteiger partial charge is 0.481 e. The lowest BCUT2D eigenvalue weighted by Gasteiger charge is -2.42. The highest BCUT2D eigenvalue weighted by molar-refractivity contribution is 5.70. The van der Waals surface area contributed by atoms with E-state index in [4.69, 9.17) is 18.9 Å². The Hall–Kier alpha value is -2.13. The number of rotatable bonds is 21. The maximum absolute atomic E-state index is 11.7. The summed E-state index contributed by atoms with van der Waals surface area (Å²) in [5.41, 5.74) is 2.08. The van der Waals surface area contributed by atoms with Gasteiger partial charge in [0.1, 0.15) is 42.7 Å². The Morgan fingerprint density at radius 2 is 1.02 bits per heavy atom. The molecular weight excluding hydrogens is 784 g/mol. The van der Waals surface area contributed by atoms with E-state index in [0.717, 1.165) is 6.42 Å². The summed E-state index contributed by atoms with van der Waals surface area (Å²) in [5.74, 6) is -4.22. The van der Waals surface area contributed by atoms with Crippen LogP contribution in [0.4, 0.5) is 0 Å². The maximum atomic E-state index is 11.7. The lowest BCUT2D eigenvalue weighted by Crippen LogP contribution is -2.60. The standard InChI is InChI=1S/C44H76O16/c1-13-19(2)31(46)20(3)14-21(4)32(47)22(5)15-24(7)41(60-44-39(54)37(52)35(50)30(18-45)58-44)27(10)17-26(9)40(25(8)16-23(6)33(48)28(11)42(55)56)59-43-38(53)36(51)34(49)29(12)57-43/h14-17,19-20,22,25,27-41,43-54H,13,18H2,1-12H3,(H,55,56)/b21-14+,23-16+,24-15+,26-17+/t19?,20?,22-,25-,27-,28?,29-,30+,31?,32+,33?,34-,35+,36+,37-,38+,39-,40-,41+,43-,44-/m0/s1. The molecule has 2 aliphatic heterocycles. The highest BCUT2D eigenvalue weighted by Gasteiger charge is 2.46. The van der Waals surface area contributed by atoms with Gasteiger partial charge in [-0.1, -0.05) is 72.3 Å². The quantitative estimate of drug-likeness (QED) is 0.0731. The monoisotopic (exact) mass is 861 g/mol. The van der Waals surface area contributed by atoms with Gasteiger partial charge in [-0.25, -0.2) is 0 Å². The van der Waals surface area contributed by atoms with E-state index in [1.807, 2.05) is 26.8 Å². The van der Waals surface area contributed by atoms with Gasteiger partial charge in [0.15, 0.2) is 12.6 Å². The van der Waals surface area contributed by atoms with Crippen molar-refractivity contribution in [1.82, 2.24) is 0 Å². The van der Waals surface area contributed by atoms with Crippen molar-refractivity contribution in [2.24, 2.45) is 35.5 Å². The van der Waals surface area contributed by atoms with E-state index in [0.29, 0.717) is 22.3 Å². The van der Waals surface area contributed by atoms with Crippen LogP contribution in [-0.2, 0) is 23.7 Å². The summed E-state index contributed by atoms with van der Waals surface area (Å²) in [6.45, 7) is 20.2. The van der Waals surface area contributed by atoms with Crippen LogP contribution in [0.5, 0.6) is 0 Å². The predicted octanol–water partition coefficient (Wildman–Crippen LogP) is 1.56. The number of aliphatic hydroxyl groups excluding tert-OH is 10. The first-order valence-corrected chi connectivity index (χ1v) is 21.1. The van der Waals surface area contributed by atoms with Crippen molar-refractivity contribution in [3.63, 3.8) is 0 Å². The molecule has 0 aromatic heterocycles. The molecule has 0 radical (unpaired) electrons. The van der Waals surface area contributed by atoms with Gasteiger partial charge in [-0.05, 0) is 69.8 Å². The van der Waals surface area contributed by atoms with Gasteiger partial charge in [-0.2, -0.15) is 0 Å². The van der Waals surface area contributed by atoms with Crippen LogP contribution >= 0.6 is 0 Å². The number of carboxylic acids is 1. The third-order valence-electron chi connectivity index (χ3n) is 12.2. The summed E-state index contributed by atoms with van der Waals surface area (Å²) >= 11 is 0. The molecule has 2 fully saturated rings. The summed E-state index contributed by atoms with van der Waals surface area (Å²) in [5, 5.41) is 116. The molecule has 2 saturated heterocycles. The molecule has 2 heterocycles. The first-order chi connectivity index (χ1) is 27.8. The molecule has 5 unspecified atom stereocenters. The minimum absolute atomic E-state index is 0.0580. The summed E-state index contributed by atoms with van der Waals surface area (Å²) in [7, 11) is 0. The van der Waals surface area contributed by atoms with Crippen LogP contribution in [0.15, 0.2) is 46.6 Å². The number of aliphatic hydroxyl groups is 10. The Labute approximate surface area is 355 Å². The lowest BCUT2D eigenvalue weighted by atomic mass is 9.86. The second kappa shape index (κ2) is 24.1. The number of carbonyl (C=O) groups is 1. The molecule has 16 nitrogen and oxygen atoms in total. The molecule has 0 amide bonds. The van der Waals surface area contributed by atoms with Crippen LogP contribution < -0.4 is 0 Å². The Kier molecular flexibility index (Phi) is 21.7. The first-order valence-electron chi connectivity index (χ1n) is 21.1. The third kappa shape index (κ3) is 13.9. The van der Waals surface area contributed by atoms with E-state index in [-0.39, 0.29) is 11.8 Å². The summed E-state index contributed by atoms with van der Waals surface area (Å²) in [6.07, 6.45) is -11.8. The summed E-state index contributed by atoms with van der Waals surface area (Å²) < 4.78 is 24.2. The molecule has 16 heteroatoms. The van der Waals surface area contributed by atoms with Crippen LogP contribution in [0.2, 0.25) is 0 Å². The maximum Gasteiger partial charge on any atom is 0.309 e. The smallest absolute Gasteiger partial charge is 0.309 e. The zero-order valence-corrected chi connectivity index (χ0v) is 37.3. The number of hydrogen-bond donors (Lipinski definition) is 11. The fourth-order valence-corrected chi connectivity index (χ4v) is 8.00. The van der Waals surface area contributed by atoms with Crippen molar-refractivity contribution in [2.75, 3.05) is 6.61 Å². The van der Waals surface area contributed by atoms with E-state index in [9.17, 15) is 61.0 Å². The van der Waals surface area contributed by atoms with Crippen molar-refractivity contribution in [3.05, 3.63) is 46.6 Å². The molecule has 60 heavy (non-hydrogen) atoms. The second-order valence-corrected chi connectivity index (χ2v) is 17.5. The Bertz CT molecular complexity index is 1460. The molecule has 0 saturated carbocycles. The number of aliphatic carboxylic acids is 1. The molecule has 2 rings (SSSR count). The van der Waals surface area contributed by atoms with Gasteiger partial charge in [0.2, 0.25) is 0 Å². The molecular formula is C44H76O16. The number of ether oxygens (including phenoxy) is 4. The minimum atomic E-state index is -1.72. The Balaban J connectivity index is 2.67. The highest BCUT2D eigenvalue weighted by Crippen LogP contribution is 2.33. The van der Waals surface area contributed by atoms with Gasteiger partial charge in [-0.3, -0.25) is 4.79 Å². The summed E-state index contributed by atoms with van der Waals surface area (Å²) in [6, 6.07) is 0. The average molecular weight is 861 g/mol. The molecule has 11 N–H and O–H groups in total. The minimum Gasteiger partial charge on any atom is -0.481 e. The van der Waals surface area contributed by atoms with E-state index in [1.165, 1.54) is 13.8 Å². The molecule has 0 aromatic rings.